The van der Waals surface area contributed by atoms with Gasteiger partial charge in [0.15, 0.2) is 5.78 Å². The van der Waals surface area contributed by atoms with Gasteiger partial charge in [0.2, 0.25) is 5.91 Å². The molecule has 0 aliphatic carbocycles. The number of ketones is 1. The highest BCUT2D eigenvalue weighted by Gasteiger charge is 2.33. The molecule has 1 amide bonds. The third-order valence-corrected chi connectivity index (χ3v) is 6.02. The van der Waals surface area contributed by atoms with Crippen LogP contribution < -0.4 is 0 Å². The fraction of sp³-hybridized carbons (Fsp3) is 0.450. The van der Waals surface area contributed by atoms with Crippen LogP contribution in [0.4, 0.5) is 13.2 Å². The van der Waals surface area contributed by atoms with Gasteiger partial charge in [0, 0.05) is 35.9 Å². The normalized spacial score (nSPS) is 17.6. The van der Waals surface area contributed by atoms with Gasteiger partial charge in [-0.1, -0.05) is 12.1 Å². The van der Waals surface area contributed by atoms with E-state index in [-0.39, 0.29) is 23.8 Å². The number of aromatic nitrogens is 1. The van der Waals surface area contributed by atoms with Crippen LogP contribution in [0.2, 0.25) is 0 Å². The summed E-state index contributed by atoms with van der Waals surface area (Å²) in [5.41, 5.74) is 1.89. The van der Waals surface area contributed by atoms with Gasteiger partial charge in [-0.3, -0.25) is 9.59 Å². The van der Waals surface area contributed by atoms with Crippen molar-refractivity contribution in [1.82, 2.24) is 9.88 Å². The molecule has 0 radical (unpaired) electrons. The second kappa shape index (κ2) is 8.43. The number of benzene rings is 1. The number of alkyl halides is 3. The third kappa shape index (κ3) is 4.79. The Morgan fingerprint density at radius 1 is 1.32 bits per heavy atom. The highest BCUT2D eigenvalue weighted by Crippen LogP contribution is 2.31. The molecule has 1 fully saturated rings. The van der Waals surface area contributed by atoms with Crippen LogP contribution in [0.1, 0.15) is 45.8 Å². The Morgan fingerprint density at radius 2 is 2.11 bits per heavy atom. The number of Topliss-reactive ketones (excluding diaryl/α,β-unsaturated/α-hetero) is 1. The standard InChI is InChI=1S/C20H21F3N2O2S/c1-13-17(28-12-24-13)7-8-18(26)25-9-3-5-15(11-25)19(27)14-4-2-6-16(10-14)20(21,22)23/h2,4,6,10,12,15H,3,5,7-9,11H2,1H3/t15-/m1/s1. The van der Waals surface area contributed by atoms with E-state index in [0.717, 1.165) is 22.7 Å². The number of hydrogen-bond donors (Lipinski definition) is 0. The summed E-state index contributed by atoms with van der Waals surface area (Å²) in [6.07, 6.45) is -2.29. The monoisotopic (exact) mass is 410 g/mol. The number of likely N-dealkylation sites (tertiary alicyclic amines) is 1. The maximum atomic E-state index is 12.9. The van der Waals surface area contributed by atoms with Crippen molar-refractivity contribution in [3.63, 3.8) is 0 Å². The first kappa shape index (κ1) is 20.5. The lowest BCUT2D eigenvalue weighted by Crippen LogP contribution is -2.42. The number of amides is 1. The van der Waals surface area contributed by atoms with Gasteiger partial charge in [0.25, 0.3) is 0 Å². The first-order valence-corrected chi connectivity index (χ1v) is 10.0. The molecule has 1 aromatic heterocycles. The van der Waals surface area contributed by atoms with E-state index < -0.39 is 17.7 Å². The molecule has 0 unspecified atom stereocenters. The minimum Gasteiger partial charge on any atom is -0.342 e. The van der Waals surface area contributed by atoms with Crippen LogP contribution in [-0.4, -0.2) is 34.7 Å². The lowest BCUT2D eigenvalue weighted by molar-refractivity contribution is -0.137. The van der Waals surface area contributed by atoms with Crippen LogP contribution in [0, 0.1) is 12.8 Å². The molecule has 1 aliphatic rings. The molecular formula is C20H21F3N2O2S. The molecular weight excluding hydrogens is 389 g/mol. The van der Waals surface area contributed by atoms with Gasteiger partial charge in [-0.05, 0) is 38.3 Å². The maximum absolute atomic E-state index is 12.9. The zero-order chi connectivity index (χ0) is 20.3. The van der Waals surface area contributed by atoms with E-state index in [1.165, 1.54) is 23.5 Å². The SMILES string of the molecule is Cc1ncsc1CCC(=O)N1CCC[C@@H](C(=O)c2cccc(C(F)(F)F)c2)C1. The smallest absolute Gasteiger partial charge is 0.342 e. The molecule has 150 valence electrons. The van der Waals surface area contributed by atoms with Gasteiger partial charge in [0.05, 0.1) is 16.8 Å². The van der Waals surface area contributed by atoms with Crippen LogP contribution >= 0.6 is 11.3 Å². The molecule has 0 saturated carbocycles. The van der Waals surface area contributed by atoms with Crippen molar-refractivity contribution in [2.45, 2.75) is 38.8 Å². The second-order valence-electron chi connectivity index (χ2n) is 6.98. The van der Waals surface area contributed by atoms with Gasteiger partial charge in [-0.15, -0.1) is 11.3 Å². The Bertz CT molecular complexity index is 863. The lowest BCUT2D eigenvalue weighted by Gasteiger charge is -2.32. The van der Waals surface area contributed by atoms with E-state index in [1.807, 2.05) is 6.92 Å². The number of carbonyl (C=O) groups is 2. The Hall–Kier alpha value is -2.22. The first-order valence-electron chi connectivity index (χ1n) is 9.14. The van der Waals surface area contributed by atoms with Crippen LogP contribution in [0.15, 0.2) is 29.8 Å². The van der Waals surface area contributed by atoms with Crippen molar-refractivity contribution in [2.24, 2.45) is 5.92 Å². The summed E-state index contributed by atoms with van der Waals surface area (Å²) in [5, 5.41) is 0. The summed E-state index contributed by atoms with van der Waals surface area (Å²) in [4.78, 5) is 32.2. The fourth-order valence-electron chi connectivity index (χ4n) is 3.45. The molecule has 28 heavy (non-hydrogen) atoms. The molecule has 4 nitrogen and oxygen atoms in total. The largest absolute Gasteiger partial charge is 0.416 e. The number of thiazole rings is 1. The van der Waals surface area contributed by atoms with E-state index in [4.69, 9.17) is 0 Å². The minimum absolute atomic E-state index is 0.0330. The molecule has 1 saturated heterocycles. The Morgan fingerprint density at radius 3 is 2.79 bits per heavy atom. The van der Waals surface area contributed by atoms with E-state index >= 15 is 0 Å². The minimum atomic E-state index is -4.49. The summed E-state index contributed by atoms with van der Waals surface area (Å²) in [5.74, 6) is -0.831. The van der Waals surface area contributed by atoms with Crippen LogP contribution in [0.25, 0.3) is 0 Å². The Balaban J connectivity index is 1.63. The summed E-state index contributed by atoms with van der Waals surface area (Å²) < 4.78 is 38.7. The summed E-state index contributed by atoms with van der Waals surface area (Å²) >= 11 is 1.52. The molecule has 1 aliphatic heterocycles. The average Bonchev–Trinajstić information content (AvgIpc) is 3.10. The van der Waals surface area contributed by atoms with Crippen molar-refractivity contribution < 1.29 is 22.8 Å². The van der Waals surface area contributed by atoms with Crippen molar-refractivity contribution in [2.75, 3.05) is 13.1 Å². The zero-order valence-electron chi connectivity index (χ0n) is 15.5. The van der Waals surface area contributed by atoms with Crippen LogP contribution in [0.5, 0.6) is 0 Å². The van der Waals surface area contributed by atoms with E-state index in [0.29, 0.717) is 32.2 Å². The third-order valence-electron chi connectivity index (χ3n) is 5.03. The molecule has 1 atom stereocenters. The highest BCUT2D eigenvalue weighted by molar-refractivity contribution is 7.09. The Labute approximate surface area is 165 Å². The van der Waals surface area contributed by atoms with Gasteiger partial charge in [0.1, 0.15) is 0 Å². The topological polar surface area (TPSA) is 50.3 Å². The van der Waals surface area contributed by atoms with E-state index in [9.17, 15) is 22.8 Å². The number of halogens is 3. The predicted molar refractivity (Wildman–Crippen MR) is 100 cm³/mol. The number of carbonyl (C=O) groups excluding carboxylic acids is 2. The van der Waals surface area contributed by atoms with Gasteiger partial charge in [-0.2, -0.15) is 13.2 Å². The second-order valence-corrected chi connectivity index (χ2v) is 7.92. The molecule has 1 aromatic carbocycles. The van der Waals surface area contributed by atoms with Crippen molar-refractivity contribution in [3.05, 3.63) is 51.5 Å². The zero-order valence-corrected chi connectivity index (χ0v) is 16.3. The summed E-state index contributed by atoms with van der Waals surface area (Å²) in [7, 11) is 0. The number of piperidine rings is 1. The number of nitrogens with zero attached hydrogens (tertiary/aromatic N) is 2. The molecule has 0 bridgehead atoms. The molecule has 0 N–H and O–H groups in total. The molecule has 0 spiro atoms. The summed E-state index contributed by atoms with van der Waals surface area (Å²) in [6.45, 7) is 2.74. The Kier molecular flexibility index (Phi) is 6.17. The summed E-state index contributed by atoms with van der Waals surface area (Å²) in [6, 6.07) is 4.51. The number of rotatable bonds is 5. The molecule has 2 aromatic rings. The van der Waals surface area contributed by atoms with Gasteiger partial charge < -0.3 is 4.90 Å². The van der Waals surface area contributed by atoms with E-state index in [2.05, 4.69) is 4.98 Å². The van der Waals surface area contributed by atoms with Crippen molar-refractivity contribution in [3.8, 4) is 0 Å². The molecule has 3 rings (SSSR count). The predicted octanol–water partition coefficient (Wildman–Crippen LogP) is 4.52. The molecule has 8 heteroatoms. The lowest BCUT2D eigenvalue weighted by atomic mass is 9.89. The quantitative estimate of drug-likeness (QED) is 0.681. The van der Waals surface area contributed by atoms with Gasteiger partial charge >= 0.3 is 6.18 Å². The van der Waals surface area contributed by atoms with E-state index in [1.54, 1.807) is 10.4 Å². The average molecular weight is 410 g/mol. The highest BCUT2D eigenvalue weighted by atomic mass is 32.1. The number of aryl methyl sites for hydroxylation is 2. The number of hydrogen-bond acceptors (Lipinski definition) is 4. The first-order chi connectivity index (χ1) is 13.3. The van der Waals surface area contributed by atoms with Gasteiger partial charge in [-0.25, -0.2) is 4.98 Å². The van der Waals surface area contributed by atoms with Crippen LogP contribution in [0.3, 0.4) is 0 Å². The van der Waals surface area contributed by atoms with Crippen LogP contribution in [-0.2, 0) is 17.4 Å². The fourth-order valence-corrected chi connectivity index (χ4v) is 4.23. The maximum Gasteiger partial charge on any atom is 0.416 e. The van der Waals surface area contributed by atoms with Crippen molar-refractivity contribution in [1.29, 1.82) is 0 Å². The molecule has 2 heterocycles. The van der Waals surface area contributed by atoms with Crippen molar-refractivity contribution >= 4 is 23.0 Å².